The molecule has 0 spiro atoms. The highest BCUT2D eigenvalue weighted by Gasteiger charge is 2.43. The molecule has 132 valence electrons. The topological polar surface area (TPSA) is 12.9 Å². The van der Waals surface area contributed by atoms with Crippen molar-refractivity contribution in [2.45, 2.75) is 5.16 Å². The van der Waals surface area contributed by atoms with E-state index in [4.69, 9.17) is 0 Å². The number of aromatic nitrogens is 1. The standard InChI is InChI=1S/C24H19BrNP/c25-27(23-16-18-26-19-17-23)24(20-10-4-1-5-11-20,21-12-6-2-7-13-21)22-14-8-3-9-15-22/h1-19H. The maximum atomic E-state index is 4.22. The Morgan fingerprint density at radius 3 is 1.30 bits per heavy atom. The molecule has 0 amide bonds. The zero-order valence-electron chi connectivity index (χ0n) is 14.7. The summed E-state index contributed by atoms with van der Waals surface area (Å²) in [7, 11) is 0. The van der Waals surface area contributed by atoms with Crippen molar-refractivity contribution < 1.29 is 0 Å². The van der Waals surface area contributed by atoms with E-state index in [1.165, 1.54) is 22.0 Å². The fraction of sp³-hybridized carbons (Fsp3) is 0.0417. The summed E-state index contributed by atoms with van der Waals surface area (Å²) in [6, 6.07) is 36.6. The van der Waals surface area contributed by atoms with Crippen molar-refractivity contribution in [3.63, 3.8) is 0 Å². The van der Waals surface area contributed by atoms with E-state index in [9.17, 15) is 0 Å². The van der Waals surface area contributed by atoms with Crippen molar-refractivity contribution in [2.75, 3.05) is 0 Å². The minimum atomic E-state index is -0.780. The van der Waals surface area contributed by atoms with Crippen LogP contribution >= 0.6 is 22.1 Å². The Bertz CT molecular complexity index is 879. The third kappa shape index (κ3) is 3.36. The molecular weight excluding hydrogens is 413 g/mol. The first kappa shape index (κ1) is 18.1. The van der Waals surface area contributed by atoms with Gasteiger partial charge in [-0.15, -0.1) is 0 Å². The summed E-state index contributed by atoms with van der Waals surface area (Å²) in [6.07, 6.45) is 3.75. The summed E-state index contributed by atoms with van der Waals surface area (Å²) in [4.78, 5) is 4.22. The van der Waals surface area contributed by atoms with E-state index in [1.807, 2.05) is 12.4 Å². The normalized spacial score (nSPS) is 12.5. The molecule has 27 heavy (non-hydrogen) atoms. The first-order chi connectivity index (χ1) is 13.3. The number of benzene rings is 3. The van der Waals surface area contributed by atoms with Crippen molar-refractivity contribution in [3.8, 4) is 0 Å². The van der Waals surface area contributed by atoms with Crippen LogP contribution in [0.25, 0.3) is 0 Å². The highest BCUT2D eigenvalue weighted by atomic mass is 79.9. The van der Waals surface area contributed by atoms with Crippen LogP contribution in [-0.2, 0) is 5.16 Å². The van der Waals surface area contributed by atoms with Gasteiger partial charge in [-0.1, -0.05) is 106 Å². The lowest BCUT2D eigenvalue weighted by Crippen LogP contribution is -2.29. The number of pyridine rings is 1. The summed E-state index contributed by atoms with van der Waals surface area (Å²) in [5.41, 5.74) is 3.84. The maximum Gasteiger partial charge on any atom is 0.0790 e. The second kappa shape index (κ2) is 8.17. The van der Waals surface area contributed by atoms with Crippen LogP contribution in [0.1, 0.15) is 16.7 Å². The number of hydrogen-bond donors (Lipinski definition) is 0. The van der Waals surface area contributed by atoms with Gasteiger partial charge in [0, 0.05) is 19.0 Å². The summed E-state index contributed by atoms with van der Waals surface area (Å²) in [5, 5.41) is 0.956. The molecule has 3 aromatic carbocycles. The lowest BCUT2D eigenvalue weighted by molar-refractivity contribution is 0.889. The molecule has 0 aliphatic heterocycles. The first-order valence-electron chi connectivity index (χ1n) is 8.86. The summed E-state index contributed by atoms with van der Waals surface area (Å²) in [5.74, 6) is 0. The predicted octanol–water partition coefficient (Wildman–Crippen LogP) is 6.49. The van der Waals surface area contributed by atoms with Crippen LogP contribution in [0.5, 0.6) is 0 Å². The van der Waals surface area contributed by atoms with Gasteiger partial charge < -0.3 is 0 Å². The second-order valence-corrected chi connectivity index (χ2v) is 10.2. The Balaban J connectivity index is 2.07. The molecule has 0 saturated heterocycles. The average Bonchev–Trinajstić information content (AvgIpc) is 2.77. The molecule has 1 atom stereocenters. The zero-order chi connectivity index (χ0) is 18.5. The van der Waals surface area contributed by atoms with Crippen LogP contribution in [0, 0.1) is 0 Å². The monoisotopic (exact) mass is 431 g/mol. The molecular formula is C24H19BrNP. The highest BCUT2D eigenvalue weighted by Crippen LogP contribution is 2.66. The number of hydrogen-bond acceptors (Lipinski definition) is 1. The molecule has 0 N–H and O–H groups in total. The van der Waals surface area contributed by atoms with E-state index in [-0.39, 0.29) is 5.16 Å². The molecule has 4 aromatic rings. The van der Waals surface area contributed by atoms with Crippen molar-refractivity contribution in [1.29, 1.82) is 0 Å². The minimum absolute atomic E-state index is 0.305. The van der Waals surface area contributed by atoms with Gasteiger partial charge in [0.25, 0.3) is 0 Å². The Kier molecular flexibility index (Phi) is 5.48. The SMILES string of the molecule is BrP(c1ccncc1)C(c1ccccc1)(c1ccccc1)c1ccccc1. The number of halogens is 1. The molecule has 0 aliphatic carbocycles. The molecule has 0 aliphatic rings. The molecule has 1 aromatic heterocycles. The van der Waals surface area contributed by atoms with Crippen molar-refractivity contribution >= 4 is 27.4 Å². The van der Waals surface area contributed by atoms with Gasteiger partial charge in [-0.05, 0) is 34.1 Å². The van der Waals surface area contributed by atoms with E-state index < -0.39 is 6.62 Å². The third-order valence-electron chi connectivity index (χ3n) is 4.76. The van der Waals surface area contributed by atoms with E-state index in [0.717, 1.165) is 0 Å². The first-order valence-corrected chi connectivity index (χ1v) is 12.2. The van der Waals surface area contributed by atoms with Crippen LogP contribution in [-0.4, -0.2) is 4.98 Å². The van der Waals surface area contributed by atoms with E-state index in [2.05, 4.69) is 124 Å². The van der Waals surface area contributed by atoms with Crippen LogP contribution in [0.4, 0.5) is 0 Å². The molecule has 3 heteroatoms. The smallest absolute Gasteiger partial charge is 0.0790 e. The zero-order valence-corrected chi connectivity index (χ0v) is 17.2. The molecule has 0 fully saturated rings. The second-order valence-electron chi connectivity index (χ2n) is 6.29. The van der Waals surface area contributed by atoms with Gasteiger partial charge in [-0.2, -0.15) is 0 Å². The molecule has 1 unspecified atom stereocenters. The van der Waals surface area contributed by atoms with Crippen LogP contribution < -0.4 is 5.30 Å². The summed E-state index contributed by atoms with van der Waals surface area (Å²) < 4.78 is 0. The highest BCUT2D eigenvalue weighted by molar-refractivity contribution is 9.40. The van der Waals surface area contributed by atoms with Gasteiger partial charge in [-0.3, -0.25) is 4.98 Å². The molecule has 4 rings (SSSR count). The summed E-state index contributed by atoms with van der Waals surface area (Å²) in [6.45, 7) is -0.780. The Morgan fingerprint density at radius 1 is 0.556 bits per heavy atom. The fourth-order valence-corrected chi connectivity index (χ4v) is 8.01. The van der Waals surface area contributed by atoms with Gasteiger partial charge in [-0.25, -0.2) is 0 Å². The predicted molar refractivity (Wildman–Crippen MR) is 119 cm³/mol. The van der Waals surface area contributed by atoms with E-state index in [1.54, 1.807) is 0 Å². The van der Waals surface area contributed by atoms with Gasteiger partial charge in [0.15, 0.2) is 0 Å². The van der Waals surface area contributed by atoms with Gasteiger partial charge in [0.1, 0.15) is 0 Å². The molecule has 1 heterocycles. The number of nitrogens with zero attached hydrogens (tertiary/aromatic N) is 1. The minimum Gasteiger partial charge on any atom is -0.265 e. The van der Waals surface area contributed by atoms with E-state index >= 15 is 0 Å². The van der Waals surface area contributed by atoms with Crippen molar-refractivity contribution in [1.82, 2.24) is 4.98 Å². The van der Waals surface area contributed by atoms with Gasteiger partial charge >= 0.3 is 0 Å². The van der Waals surface area contributed by atoms with E-state index in [0.29, 0.717) is 0 Å². The lowest BCUT2D eigenvalue weighted by atomic mass is 9.84. The fourth-order valence-electron chi connectivity index (χ4n) is 3.55. The summed E-state index contributed by atoms with van der Waals surface area (Å²) >= 11 is 4.16. The molecule has 1 nitrogen and oxygen atoms in total. The van der Waals surface area contributed by atoms with Gasteiger partial charge in [0.2, 0.25) is 0 Å². The Morgan fingerprint density at radius 2 is 0.926 bits per heavy atom. The quantitative estimate of drug-likeness (QED) is 0.260. The number of rotatable bonds is 5. The van der Waals surface area contributed by atoms with Crippen molar-refractivity contribution in [2.24, 2.45) is 0 Å². The molecule has 0 saturated carbocycles. The maximum absolute atomic E-state index is 4.22. The lowest BCUT2D eigenvalue weighted by Gasteiger charge is -2.40. The average molecular weight is 432 g/mol. The largest absolute Gasteiger partial charge is 0.265 e. The van der Waals surface area contributed by atoms with Crippen LogP contribution in [0.3, 0.4) is 0 Å². The van der Waals surface area contributed by atoms with Crippen LogP contribution in [0.2, 0.25) is 0 Å². The van der Waals surface area contributed by atoms with Crippen molar-refractivity contribution in [3.05, 3.63) is 132 Å². The molecule has 0 bridgehead atoms. The Labute approximate surface area is 169 Å². The molecule has 0 radical (unpaired) electrons. The van der Waals surface area contributed by atoms with Crippen LogP contribution in [0.15, 0.2) is 116 Å². The van der Waals surface area contributed by atoms with Gasteiger partial charge in [0.05, 0.1) is 5.16 Å². The Hall–Kier alpha value is -2.28. The third-order valence-corrected chi connectivity index (χ3v) is 9.70.